The molecule has 1 atom stereocenters. The van der Waals surface area contributed by atoms with E-state index in [0.29, 0.717) is 29.0 Å². The molecule has 6 nitrogen and oxygen atoms in total. The third kappa shape index (κ3) is 4.36. The Hall–Kier alpha value is -2.80. The molecule has 0 radical (unpaired) electrons. The van der Waals surface area contributed by atoms with Crippen LogP contribution in [0.25, 0.3) is 0 Å². The monoisotopic (exact) mass is 396 g/mol. The van der Waals surface area contributed by atoms with Crippen LogP contribution >= 0.6 is 11.8 Å². The normalized spacial score (nSPS) is 16.9. The van der Waals surface area contributed by atoms with Crippen molar-refractivity contribution in [1.82, 2.24) is 5.32 Å². The number of rotatable bonds is 5. The smallest absolute Gasteiger partial charge is 0.339 e. The highest BCUT2D eigenvalue weighted by molar-refractivity contribution is 7.99. The third-order valence-corrected chi connectivity index (χ3v) is 5.64. The van der Waals surface area contributed by atoms with Crippen LogP contribution in [-0.4, -0.2) is 29.6 Å². The highest BCUT2D eigenvalue weighted by Crippen LogP contribution is 2.32. The van der Waals surface area contributed by atoms with Gasteiger partial charge in [0.05, 0.1) is 11.3 Å². The van der Waals surface area contributed by atoms with E-state index in [1.165, 1.54) is 0 Å². The molecule has 28 heavy (non-hydrogen) atoms. The SMILES string of the molecule is O=C1CCSc2ccc(C(=O)O[C@H](C(=O)NC3CC3)c3ccccc3)cc2N1. The van der Waals surface area contributed by atoms with E-state index in [-0.39, 0.29) is 17.9 Å². The van der Waals surface area contributed by atoms with Gasteiger partial charge in [0, 0.05) is 28.7 Å². The largest absolute Gasteiger partial charge is 0.444 e. The summed E-state index contributed by atoms with van der Waals surface area (Å²) in [6, 6.07) is 14.2. The summed E-state index contributed by atoms with van der Waals surface area (Å²) in [5.74, 6) is -0.311. The van der Waals surface area contributed by atoms with Crippen molar-refractivity contribution >= 4 is 35.2 Å². The number of amides is 2. The average Bonchev–Trinajstić information content (AvgIpc) is 3.52. The number of thioether (sulfide) groups is 1. The van der Waals surface area contributed by atoms with Crippen molar-refractivity contribution in [2.75, 3.05) is 11.1 Å². The molecular weight excluding hydrogens is 376 g/mol. The fourth-order valence-corrected chi connectivity index (χ4v) is 3.86. The molecule has 0 saturated heterocycles. The zero-order chi connectivity index (χ0) is 19.5. The van der Waals surface area contributed by atoms with Crippen molar-refractivity contribution < 1.29 is 19.1 Å². The van der Waals surface area contributed by atoms with Crippen LogP contribution in [0, 0.1) is 0 Å². The van der Waals surface area contributed by atoms with Crippen LogP contribution in [0.4, 0.5) is 5.69 Å². The zero-order valence-electron chi connectivity index (χ0n) is 15.1. The first kappa shape index (κ1) is 18.6. The Morgan fingerprint density at radius 2 is 1.93 bits per heavy atom. The Morgan fingerprint density at radius 1 is 1.14 bits per heavy atom. The molecule has 1 aliphatic carbocycles. The van der Waals surface area contributed by atoms with Crippen LogP contribution in [0.2, 0.25) is 0 Å². The highest BCUT2D eigenvalue weighted by Gasteiger charge is 2.31. The van der Waals surface area contributed by atoms with Gasteiger partial charge in [-0.2, -0.15) is 0 Å². The van der Waals surface area contributed by atoms with Crippen molar-refractivity contribution in [3.8, 4) is 0 Å². The van der Waals surface area contributed by atoms with Gasteiger partial charge < -0.3 is 15.4 Å². The lowest BCUT2D eigenvalue weighted by molar-refractivity contribution is -0.130. The van der Waals surface area contributed by atoms with E-state index in [2.05, 4.69) is 10.6 Å². The minimum Gasteiger partial charge on any atom is -0.444 e. The molecule has 1 saturated carbocycles. The summed E-state index contributed by atoms with van der Waals surface area (Å²) in [4.78, 5) is 38.1. The number of hydrogen-bond donors (Lipinski definition) is 2. The summed E-state index contributed by atoms with van der Waals surface area (Å²) < 4.78 is 5.59. The molecule has 0 unspecified atom stereocenters. The van der Waals surface area contributed by atoms with Crippen LogP contribution < -0.4 is 10.6 Å². The maximum absolute atomic E-state index is 12.8. The van der Waals surface area contributed by atoms with Crippen LogP contribution in [0.1, 0.15) is 41.3 Å². The summed E-state index contributed by atoms with van der Waals surface area (Å²) >= 11 is 1.56. The summed E-state index contributed by atoms with van der Waals surface area (Å²) in [6.45, 7) is 0. The lowest BCUT2D eigenvalue weighted by Crippen LogP contribution is -2.33. The van der Waals surface area contributed by atoms with Crippen LogP contribution in [0.5, 0.6) is 0 Å². The molecule has 4 rings (SSSR count). The molecule has 0 spiro atoms. The first-order chi connectivity index (χ1) is 13.6. The maximum Gasteiger partial charge on any atom is 0.339 e. The summed E-state index contributed by atoms with van der Waals surface area (Å²) in [5.41, 5.74) is 1.51. The number of nitrogens with one attached hydrogen (secondary N) is 2. The standard InChI is InChI=1S/C21H20N2O4S/c24-18-10-11-28-17-9-6-14(12-16(17)23-18)21(26)27-19(13-4-2-1-3-5-13)20(25)22-15-7-8-15/h1-6,9,12,15,19H,7-8,10-11H2,(H,22,25)(H,23,24)/t19-/m0/s1. The first-order valence-corrected chi connectivity index (χ1v) is 10.2. The lowest BCUT2D eigenvalue weighted by Gasteiger charge is -2.18. The second-order valence-electron chi connectivity index (χ2n) is 6.84. The molecular formula is C21H20N2O4S. The van der Waals surface area contributed by atoms with Crippen LogP contribution in [0.15, 0.2) is 53.4 Å². The number of carbonyl (C=O) groups is 3. The van der Waals surface area contributed by atoms with Crippen LogP contribution in [0.3, 0.4) is 0 Å². The van der Waals surface area contributed by atoms with Crippen molar-refractivity contribution in [2.45, 2.75) is 36.3 Å². The molecule has 7 heteroatoms. The molecule has 144 valence electrons. The van der Waals surface area contributed by atoms with Gasteiger partial charge in [0.1, 0.15) is 0 Å². The van der Waals surface area contributed by atoms with Gasteiger partial charge in [-0.25, -0.2) is 4.79 Å². The van der Waals surface area contributed by atoms with Gasteiger partial charge >= 0.3 is 5.97 Å². The van der Waals surface area contributed by atoms with Gasteiger partial charge in [-0.3, -0.25) is 9.59 Å². The number of anilines is 1. The number of carbonyl (C=O) groups excluding carboxylic acids is 3. The fraction of sp³-hybridized carbons (Fsp3) is 0.286. The van der Waals surface area contributed by atoms with Crippen molar-refractivity contribution in [3.05, 3.63) is 59.7 Å². The number of benzene rings is 2. The zero-order valence-corrected chi connectivity index (χ0v) is 16.0. The summed E-state index contributed by atoms with van der Waals surface area (Å²) in [5, 5.41) is 5.71. The van der Waals surface area contributed by atoms with Gasteiger partial charge in [0.2, 0.25) is 12.0 Å². The second kappa shape index (κ2) is 8.06. The predicted molar refractivity (Wildman–Crippen MR) is 106 cm³/mol. The summed E-state index contributed by atoms with van der Waals surface area (Å²) in [6.07, 6.45) is 1.31. The maximum atomic E-state index is 12.8. The van der Waals surface area contributed by atoms with Crippen molar-refractivity contribution in [2.24, 2.45) is 0 Å². The molecule has 1 aliphatic heterocycles. The van der Waals surface area contributed by atoms with Crippen molar-refractivity contribution in [3.63, 3.8) is 0 Å². The van der Waals surface area contributed by atoms with Crippen molar-refractivity contribution in [1.29, 1.82) is 0 Å². The number of esters is 1. The highest BCUT2D eigenvalue weighted by atomic mass is 32.2. The van der Waals surface area contributed by atoms with Gasteiger partial charge in [-0.15, -0.1) is 11.8 Å². The van der Waals surface area contributed by atoms with E-state index >= 15 is 0 Å². The number of ether oxygens (including phenoxy) is 1. The quantitative estimate of drug-likeness (QED) is 0.758. The Morgan fingerprint density at radius 3 is 2.68 bits per heavy atom. The average molecular weight is 396 g/mol. The molecule has 2 aromatic carbocycles. The lowest BCUT2D eigenvalue weighted by atomic mass is 10.1. The molecule has 2 aliphatic rings. The Balaban J connectivity index is 1.55. The minimum absolute atomic E-state index is 0.0808. The van der Waals surface area contributed by atoms with Gasteiger partial charge in [0.15, 0.2) is 0 Å². The topological polar surface area (TPSA) is 84.5 Å². The Kier molecular flexibility index (Phi) is 5.34. The number of fused-ring (bicyclic) bond motifs is 1. The summed E-state index contributed by atoms with van der Waals surface area (Å²) in [7, 11) is 0. The molecule has 2 amide bonds. The van der Waals surface area contributed by atoms with E-state index in [1.54, 1.807) is 54.2 Å². The van der Waals surface area contributed by atoms with Crippen LogP contribution in [-0.2, 0) is 14.3 Å². The molecule has 2 aromatic rings. The molecule has 2 N–H and O–H groups in total. The molecule has 1 fully saturated rings. The van der Waals surface area contributed by atoms with Gasteiger partial charge in [-0.05, 0) is 31.0 Å². The first-order valence-electron chi connectivity index (χ1n) is 9.23. The second-order valence-corrected chi connectivity index (χ2v) is 7.97. The molecule has 1 heterocycles. The van der Waals surface area contributed by atoms with Gasteiger partial charge in [-0.1, -0.05) is 30.3 Å². The van der Waals surface area contributed by atoms with E-state index in [0.717, 1.165) is 17.7 Å². The van der Waals surface area contributed by atoms with Gasteiger partial charge in [0.25, 0.3) is 5.91 Å². The predicted octanol–water partition coefficient (Wildman–Crippen LogP) is 3.30. The molecule has 0 aromatic heterocycles. The van der Waals surface area contributed by atoms with E-state index < -0.39 is 12.1 Å². The molecule has 0 bridgehead atoms. The Bertz CT molecular complexity index is 912. The fourth-order valence-electron chi connectivity index (χ4n) is 2.93. The van der Waals surface area contributed by atoms with E-state index in [9.17, 15) is 14.4 Å². The third-order valence-electron chi connectivity index (χ3n) is 4.57. The number of hydrogen-bond acceptors (Lipinski definition) is 5. The van der Waals surface area contributed by atoms with E-state index in [1.807, 2.05) is 6.07 Å². The Labute approximate surface area is 167 Å². The van der Waals surface area contributed by atoms with E-state index in [4.69, 9.17) is 4.74 Å². The minimum atomic E-state index is -1.02.